The lowest BCUT2D eigenvalue weighted by molar-refractivity contribution is 0.112. The molecule has 2 aromatic rings. The van der Waals surface area contributed by atoms with Crippen molar-refractivity contribution in [1.29, 1.82) is 0 Å². The fourth-order valence-corrected chi connectivity index (χ4v) is 3.35. The predicted molar refractivity (Wildman–Crippen MR) is 67.4 cm³/mol. The van der Waals surface area contributed by atoms with E-state index in [4.69, 9.17) is 0 Å². The van der Waals surface area contributed by atoms with Crippen LogP contribution in [0.2, 0.25) is 0 Å². The molecular formula is C12H13N3OS. The van der Waals surface area contributed by atoms with E-state index in [2.05, 4.69) is 10.1 Å². The maximum absolute atomic E-state index is 10.9. The lowest BCUT2D eigenvalue weighted by Gasteiger charge is -2.17. The van der Waals surface area contributed by atoms with Gasteiger partial charge in [0.25, 0.3) is 0 Å². The molecule has 3 rings (SSSR count). The summed E-state index contributed by atoms with van der Waals surface area (Å²) < 4.78 is 1.70. The Morgan fingerprint density at radius 1 is 1.47 bits per heavy atom. The van der Waals surface area contributed by atoms with E-state index in [0.717, 1.165) is 18.5 Å². The maximum atomic E-state index is 10.9. The van der Waals surface area contributed by atoms with Gasteiger partial charge in [-0.3, -0.25) is 4.79 Å². The van der Waals surface area contributed by atoms with E-state index in [-0.39, 0.29) is 0 Å². The Hall–Kier alpha value is -1.36. The predicted octanol–water partition coefficient (Wildman–Crippen LogP) is 2.50. The highest BCUT2D eigenvalue weighted by Crippen LogP contribution is 2.36. The van der Waals surface area contributed by atoms with Crippen LogP contribution in [0.3, 0.4) is 0 Å². The molecule has 1 saturated heterocycles. The number of aromatic nitrogens is 3. The highest BCUT2D eigenvalue weighted by atomic mass is 32.2. The second-order valence-corrected chi connectivity index (χ2v) is 5.49. The van der Waals surface area contributed by atoms with Gasteiger partial charge in [-0.2, -0.15) is 16.9 Å². The average molecular weight is 247 g/mol. The summed E-state index contributed by atoms with van der Waals surface area (Å²) >= 11 is 1.92. The van der Waals surface area contributed by atoms with E-state index in [1.54, 1.807) is 10.6 Å². The van der Waals surface area contributed by atoms with Crippen LogP contribution in [-0.4, -0.2) is 26.6 Å². The summed E-state index contributed by atoms with van der Waals surface area (Å²) in [5.41, 5.74) is 1.27. The molecule has 3 heterocycles. The van der Waals surface area contributed by atoms with Crippen LogP contribution in [-0.2, 0) is 0 Å². The van der Waals surface area contributed by atoms with Gasteiger partial charge in [-0.05, 0) is 30.7 Å². The summed E-state index contributed by atoms with van der Waals surface area (Å²) in [6.07, 6.45) is 6.34. The first-order valence-electron chi connectivity index (χ1n) is 5.80. The number of pyridine rings is 1. The molecular weight excluding hydrogens is 234 g/mol. The molecule has 1 aliphatic heterocycles. The Kier molecular flexibility index (Phi) is 2.84. The fraction of sp³-hybridized carbons (Fsp3) is 0.417. The molecule has 0 N–H and O–H groups in total. The Morgan fingerprint density at radius 2 is 2.41 bits per heavy atom. The number of hydrogen-bond donors (Lipinski definition) is 0. The summed E-state index contributed by atoms with van der Waals surface area (Å²) in [5.74, 6) is 2.05. The van der Waals surface area contributed by atoms with Gasteiger partial charge < -0.3 is 0 Å². The first-order chi connectivity index (χ1) is 8.38. The number of aldehydes is 1. The van der Waals surface area contributed by atoms with Gasteiger partial charge >= 0.3 is 0 Å². The van der Waals surface area contributed by atoms with E-state index in [1.807, 2.05) is 24.0 Å². The lowest BCUT2D eigenvalue weighted by atomic mass is 10.2. The Morgan fingerprint density at radius 3 is 3.18 bits per heavy atom. The van der Waals surface area contributed by atoms with Crippen LogP contribution in [0.4, 0.5) is 0 Å². The number of carbonyl (C=O) groups excluding carboxylic acids is 1. The molecule has 0 amide bonds. The highest BCUT2D eigenvalue weighted by molar-refractivity contribution is 7.99. The largest absolute Gasteiger partial charge is 0.298 e. The monoisotopic (exact) mass is 247 g/mol. The number of carbonyl (C=O) groups is 1. The van der Waals surface area contributed by atoms with Crippen molar-refractivity contribution in [1.82, 2.24) is 14.6 Å². The van der Waals surface area contributed by atoms with Crippen molar-refractivity contribution in [3.63, 3.8) is 0 Å². The molecule has 88 valence electrons. The van der Waals surface area contributed by atoms with Crippen LogP contribution in [0.15, 0.2) is 18.3 Å². The van der Waals surface area contributed by atoms with Crippen molar-refractivity contribution in [2.45, 2.75) is 24.5 Å². The van der Waals surface area contributed by atoms with Gasteiger partial charge in [0.1, 0.15) is 0 Å². The minimum absolute atomic E-state index is 0.392. The average Bonchev–Trinajstić information content (AvgIpc) is 2.83. The molecule has 0 radical (unpaired) electrons. The number of fused-ring (bicyclic) bond motifs is 1. The van der Waals surface area contributed by atoms with Crippen molar-refractivity contribution in [2.75, 3.05) is 5.75 Å². The number of nitrogens with zero attached hydrogens (tertiary/aromatic N) is 3. The minimum atomic E-state index is 0.392. The zero-order valence-electron chi connectivity index (χ0n) is 9.37. The second-order valence-electron chi connectivity index (χ2n) is 4.17. The lowest BCUT2D eigenvalue weighted by Crippen LogP contribution is -2.04. The Labute approximate surface area is 103 Å². The van der Waals surface area contributed by atoms with Crippen LogP contribution >= 0.6 is 11.8 Å². The quantitative estimate of drug-likeness (QED) is 0.765. The van der Waals surface area contributed by atoms with Crippen LogP contribution in [0.25, 0.3) is 5.65 Å². The molecule has 0 bridgehead atoms. The first-order valence-corrected chi connectivity index (χ1v) is 6.85. The molecule has 0 aliphatic carbocycles. The van der Waals surface area contributed by atoms with Gasteiger partial charge in [-0.25, -0.2) is 9.50 Å². The van der Waals surface area contributed by atoms with Crippen molar-refractivity contribution >= 4 is 23.7 Å². The standard InChI is InChI=1S/C12H13N3OS/c16-8-9-4-3-6-15-12(9)13-11(14-15)10-5-1-2-7-17-10/h3-4,6,8,10H,1-2,5,7H2. The summed E-state index contributed by atoms with van der Waals surface area (Å²) in [6.45, 7) is 0. The number of rotatable bonds is 2. The molecule has 0 aromatic carbocycles. The van der Waals surface area contributed by atoms with Crippen molar-refractivity contribution < 1.29 is 4.79 Å². The van der Waals surface area contributed by atoms with E-state index in [0.29, 0.717) is 16.5 Å². The van der Waals surface area contributed by atoms with Crippen LogP contribution in [0.5, 0.6) is 0 Å². The van der Waals surface area contributed by atoms with E-state index in [9.17, 15) is 4.79 Å². The third-order valence-corrected chi connectivity index (χ3v) is 4.38. The minimum Gasteiger partial charge on any atom is -0.298 e. The zero-order valence-corrected chi connectivity index (χ0v) is 10.2. The summed E-state index contributed by atoms with van der Waals surface area (Å²) in [4.78, 5) is 15.4. The summed E-state index contributed by atoms with van der Waals surface area (Å²) in [6, 6.07) is 3.60. The van der Waals surface area contributed by atoms with Crippen molar-refractivity contribution in [3.8, 4) is 0 Å². The van der Waals surface area contributed by atoms with Crippen molar-refractivity contribution in [3.05, 3.63) is 29.7 Å². The number of hydrogen-bond acceptors (Lipinski definition) is 4. The van der Waals surface area contributed by atoms with Crippen LogP contribution in [0, 0.1) is 0 Å². The third kappa shape index (κ3) is 1.95. The van der Waals surface area contributed by atoms with Gasteiger partial charge in [-0.1, -0.05) is 6.42 Å². The molecule has 0 spiro atoms. The summed E-state index contributed by atoms with van der Waals surface area (Å²) in [5, 5.41) is 4.86. The fourth-order valence-electron chi connectivity index (χ4n) is 2.12. The molecule has 1 aliphatic rings. The van der Waals surface area contributed by atoms with Crippen molar-refractivity contribution in [2.24, 2.45) is 0 Å². The smallest absolute Gasteiger partial charge is 0.166 e. The molecule has 1 fully saturated rings. The normalized spacial score (nSPS) is 20.6. The molecule has 17 heavy (non-hydrogen) atoms. The Balaban J connectivity index is 2.03. The molecule has 0 saturated carbocycles. The third-order valence-electron chi connectivity index (χ3n) is 3.00. The number of thioether (sulfide) groups is 1. The first kappa shape index (κ1) is 10.8. The molecule has 1 unspecified atom stereocenters. The topological polar surface area (TPSA) is 47.3 Å². The summed E-state index contributed by atoms with van der Waals surface area (Å²) in [7, 11) is 0. The van der Waals surface area contributed by atoms with Gasteiger partial charge in [-0.15, -0.1) is 0 Å². The van der Waals surface area contributed by atoms with Crippen LogP contribution < -0.4 is 0 Å². The van der Waals surface area contributed by atoms with E-state index < -0.39 is 0 Å². The van der Waals surface area contributed by atoms with Gasteiger partial charge in [0, 0.05) is 6.20 Å². The van der Waals surface area contributed by atoms with Gasteiger partial charge in [0.05, 0.1) is 10.8 Å². The zero-order chi connectivity index (χ0) is 11.7. The van der Waals surface area contributed by atoms with E-state index >= 15 is 0 Å². The molecule has 4 nitrogen and oxygen atoms in total. The highest BCUT2D eigenvalue weighted by Gasteiger charge is 2.20. The maximum Gasteiger partial charge on any atom is 0.166 e. The van der Waals surface area contributed by atoms with Gasteiger partial charge in [0.2, 0.25) is 0 Å². The van der Waals surface area contributed by atoms with Crippen LogP contribution in [0.1, 0.15) is 40.7 Å². The van der Waals surface area contributed by atoms with E-state index in [1.165, 1.54) is 18.6 Å². The second kappa shape index (κ2) is 4.49. The molecule has 1 atom stereocenters. The Bertz CT molecular complexity index is 546. The SMILES string of the molecule is O=Cc1cccn2nc(C3CCCCS3)nc12. The molecule has 2 aromatic heterocycles. The molecule has 5 heteroatoms. The van der Waals surface area contributed by atoms with Gasteiger partial charge in [0.15, 0.2) is 17.8 Å².